The number of methoxy groups -OCH3 is 1. The van der Waals surface area contributed by atoms with E-state index in [4.69, 9.17) is 9.72 Å². The third-order valence-corrected chi connectivity index (χ3v) is 5.75. The molecule has 0 saturated carbocycles. The Kier molecular flexibility index (Phi) is 5.57. The summed E-state index contributed by atoms with van der Waals surface area (Å²) in [6, 6.07) is 15.7. The third-order valence-electron chi connectivity index (χ3n) is 4.70. The fourth-order valence-electron chi connectivity index (χ4n) is 3.07. The summed E-state index contributed by atoms with van der Waals surface area (Å²) in [6.45, 7) is 3.15. The van der Waals surface area contributed by atoms with E-state index in [0.29, 0.717) is 24.6 Å². The molecule has 0 saturated heterocycles. The lowest BCUT2D eigenvalue weighted by atomic mass is 10.1. The quantitative estimate of drug-likeness (QED) is 0.464. The lowest BCUT2D eigenvalue weighted by Crippen LogP contribution is -2.35. The number of aromatic nitrogens is 3. The first-order valence-electron chi connectivity index (χ1n) is 9.40. The van der Waals surface area contributed by atoms with Crippen molar-refractivity contribution in [2.45, 2.75) is 19.9 Å². The number of hydrogen-bond donors (Lipinski definition) is 0. The topological polar surface area (TPSA) is 60.2 Å². The van der Waals surface area contributed by atoms with Crippen LogP contribution in [0.3, 0.4) is 0 Å². The molecule has 0 unspecified atom stereocenters. The number of carbonyl (C=O) groups excluding carboxylic acids is 1. The molecular weight excluding hydrogens is 384 g/mol. The van der Waals surface area contributed by atoms with E-state index in [1.807, 2.05) is 66.3 Å². The monoisotopic (exact) mass is 406 g/mol. The Bertz CT molecular complexity index is 1100. The van der Waals surface area contributed by atoms with E-state index in [-0.39, 0.29) is 5.91 Å². The van der Waals surface area contributed by atoms with Crippen LogP contribution in [0.4, 0.5) is 5.13 Å². The Morgan fingerprint density at radius 3 is 2.76 bits per heavy atom. The normalized spacial score (nSPS) is 11.0. The minimum absolute atomic E-state index is 0.0204. The molecule has 0 fully saturated rings. The summed E-state index contributed by atoms with van der Waals surface area (Å²) in [6.07, 6.45) is 3.97. The maximum Gasteiger partial charge on any atom is 0.233 e. The molecule has 2 heterocycles. The smallest absolute Gasteiger partial charge is 0.233 e. The van der Waals surface area contributed by atoms with Gasteiger partial charge in [-0.3, -0.25) is 14.4 Å². The Labute approximate surface area is 173 Å². The van der Waals surface area contributed by atoms with E-state index >= 15 is 0 Å². The van der Waals surface area contributed by atoms with E-state index in [0.717, 1.165) is 21.5 Å². The molecule has 0 aliphatic rings. The maximum atomic E-state index is 13.2. The zero-order valence-electron chi connectivity index (χ0n) is 16.4. The molecule has 6 nitrogen and oxygen atoms in total. The SMILES string of the molecule is COc1ccc2nc(N(CCn3cccn3)C(=O)Cc3ccc(C)cc3)sc2c1. The van der Waals surface area contributed by atoms with Crippen LogP contribution in [0.2, 0.25) is 0 Å². The van der Waals surface area contributed by atoms with Crippen molar-refractivity contribution in [1.29, 1.82) is 0 Å². The summed E-state index contributed by atoms with van der Waals surface area (Å²) in [4.78, 5) is 19.7. The van der Waals surface area contributed by atoms with Gasteiger partial charge in [0.2, 0.25) is 5.91 Å². The minimum Gasteiger partial charge on any atom is -0.497 e. The number of benzene rings is 2. The first-order valence-corrected chi connectivity index (χ1v) is 10.2. The predicted octanol–water partition coefficient (Wildman–Crippen LogP) is 4.09. The highest BCUT2D eigenvalue weighted by molar-refractivity contribution is 7.22. The molecule has 0 radical (unpaired) electrons. The fraction of sp³-hybridized carbons (Fsp3) is 0.227. The molecule has 0 aliphatic carbocycles. The van der Waals surface area contributed by atoms with Crippen LogP contribution in [0.1, 0.15) is 11.1 Å². The number of amides is 1. The molecule has 0 spiro atoms. The van der Waals surface area contributed by atoms with Gasteiger partial charge in [-0.25, -0.2) is 4.98 Å². The molecule has 1 amide bonds. The number of rotatable bonds is 7. The largest absolute Gasteiger partial charge is 0.497 e. The summed E-state index contributed by atoms with van der Waals surface area (Å²) in [5.41, 5.74) is 3.03. The van der Waals surface area contributed by atoms with Crippen molar-refractivity contribution < 1.29 is 9.53 Å². The first-order chi connectivity index (χ1) is 14.1. The van der Waals surface area contributed by atoms with Crippen LogP contribution in [-0.2, 0) is 17.8 Å². The van der Waals surface area contributed by atoms with E-state index in [9.17, 15) is 4.79 Å². The van der Waals surface area contributed by atoms with Crippen LogP contribution in [0.5, 0.6) is 5.75 Å². The van der Waals surface area contributed by atoms with Gasteiger partial charge in [0.05, 0.1) is 30.3 Å². The summed E-state index contributed by atoms with van der Waals surface area (Å²) in [7, 11) is 1.64. The first kappa shape index (κ1) is 19.1. The number of carbonyl (C=O) groups is 1. The minimum atomic E-state index is 0.0204. The molecule has 4 rings (SSSR count). The number of anilines is 1. The van der Waals surface area contributed by atoms with Crippen molar-refractivity contribution >= 4 is 32.6 Å². The van der Waals surface area contributed by atoms with Gasteiger partial charge in [-0.15, -0.1) is 0 Å². The predicted molar refractivity (Wildman–Crippen MR) is 116 cm³/mol. The summed E-state index contributed by atoms with van der Waals surface area (Å²) < 4.78 is 8.13. The van der Waals surface area contributed by atoms with Crippen molar-refractivity contribution in [3.63, 3.8) is 0 Å². The van der Waals surface area contributed by atoms with Crippen molar-refractivity contribution in [2.75, 3.05) is 18.6 Å². The van der Waals surface area contributed by atoms with Gasteiger partial charge in [0.25, 0.3) is 0 Å². The summed E-state index contributed by atoms with van der Waals surface area (Å²) in [5, 5.41) is 4.94. The van der Waals surface area contributed by atoms with Gasteiger partial charge in [0.15, 0.2) is 5.13 Å². The molecule has 0 aliphatic heterocycles. The molecule has 0 N–H and O–H groups in total. The van der Waals surface area contributed by atoms with Gasteiger partial charge < -0.3 is 4.74 Å². The third kappa shape index (κ3) is 4.46. The molecular formula is C22H22N4O2S. The van der Waals surface area contributed by atoms with Crippen LogP contribution in [-0.4, -0.2) is 34.3 Å². The van der Waals surface area contributed by atoms with Crippen molar-refractivity contribution in [3.8, 4) is 5.75 Å². The lowest BCUT2D eigenvalue weighted by molar-refractivity contribution is -0.118. The van der Waals surface area contributed by atoms with E-state index in [1.54, 1.807) is 18.2 Å². The van der Waals surface area contributed by atoms with Gasteiger partial charge >= 0.3 is 0 Å². The molecule has 0 bridgehead atoms. The van der Waals surface area contributed by atoms with E-state index < -0.39 is 0 Å². The van der Waals surface area contributed by atoms with Crippen LogP contribution in [0.25, 0.3) is 10.2 Å². The second kappa shape index (κ2) is 8.45. The average molecular weight is 407 g/mol. The van der Waals surface area contributed by atoms with Crippen LogP contribution >= 0.6 is 11.3 Å². The van der Waals surface area contributed by atoms with Gasteiger partial charge in [0, 0.05) is 18.9 Å². The van der Waals surface area contributed by atoms with E-state index in [1.165, 1.54) is 16.9 Å². The highest BCUT2D eigenvalue weighted by atomic mass is 32.1. The molecule has 148 valence electrons. The average Bonchev–Trinajstić information content (AvgIpc) is 3.39. The van der Waals surface area contributed by atoms with Gasteiger partial charge in [-0.2, -0.15) is 5.10 Å². The second-order valence-electron chi connectivity index (χ2n) is 6.81. The Morgan fingerprint density at radius 2 is 2.03 bits per heavy atom. The maximum absolute atomic E-state index is 13.2. The van der Waals surface area contributed by atoms with E-state index in [2.05, 4.69) is 5.10 Å². The number of nitrogens with zero attached hydrogens (tertiary/aromatic N) is 4. The number of fused-ring (bicyclic) bond motifs is 1. The second-order valence-corrected chi connectivity index (χ2v) is 7.82. The van der Waals surface area contributed by atoms with Crippen LogP contribution < -0.4 is 9.64 Å². The Morgan fingerprint density at radius 1 is 1.21 bits per heavy atom. The van der Waals surface area contributed by atoms with Crippen LogP contribution in [0.15, 0.2) is 60.9 Å². The zero-order chi connectivity index (χ0) is 20.2. The highest BCUT2D eigenvalue weighted by Gasteiger charge is 2.20. The Balaban J connectivity index is 1.61. The summed E-state index contributed by atoms with van der Waals surface area (Å²) in [5.74, 6) is 0.800. The lowest BCUT2D eigenvalue weighted by Gasteiger charge is -2.20. The Hall–Kier alpha value is -3.19. The molecule has 2 aromatic heterocycles. The summed E-state index contributed by atoms with van der Waals surface area (Å²) >= 11 is 1.50. The fourth-order valence-corrected chi connectivity index (χ4v) is 4.11. The molecule has 29 heavy (non-hydrogen) atoms. The molecule has 4 aromatic rings. The van der Waals surface area contributed by atoms with Crippen molar-refractivity contribution in [1.82, 2.24) is 14.8 Å². The highest BCUT2D eigenvalue weighted by Crippen LogP contribution is 2.31. The number of thiazole rings is 1. The number of hydrogen-bond acceptors (Lipinski definition) is 5. The number of ether oxygens (including phenoxy) is 1. The molecule has 0 atom stereocenters. The van der Waals surface area contributed by atoms with Crippen molar-refractivity contribution in [3.05, 3.63) is 72.1 Å². The molecule has 7 heteroatoms. The zero-order valence-corrected chi connectivity index (χ0v) is 17.2. The van der Waals surface area contributed by atoms with Gasteiger partial charge in [-0.1, -0.05) is 41.2 Å². The molecule has 2 aromatic carbocycles. The number of aryl methyl sites for hydroxylation is 1. The van der Waals surface area contributed by atoms with Gasteiger partial charge in [0.1, 0.15) is 5.75 Å². The van der Waals surface area contributed by atoms with Crippen LogP contribution in [0, 0.1) is 6.92 Å². The standard InChI is InChI=1S/C22H22N4O2S/c1-16-4-6-17(7-5-16)14-21(27)26(13-12-25-11-3-10-23-25)22-24-19-9-8-18(28-2)15-20(19)29-22/h3-11,15H,12-14H2,1-2H3. The van der Waals surface area contributed by atoms with Gasteiger partial charge in [-0.05, 0) is 36.8 Å². The van der Waals surface area contributed by atoms with Crippen molar-refractivity contribution in [2.24, 2.45) is 0 Å².